The minimum Gasteiger partial charge on any atom is -0.466 e. The summed E-state index contributed by atoms with van der Waals surface area (Å²) in [5.74, 6) is 0.724. The van der Waals surface area contributed by atoms with Gasteiger partial charge >= 0.3 is 5.97 Å². The molecule has 1 atom stereocenters. The van der Waals surface area contributed by atoms with E-state index in [9.17, 15) is 9.59 Å². The molecule has 0 radical (unpaired) electrons. The van der Waals surface area contributed by atoms with Crippen molar-refractivity contribution in [1.29, 1.82) is 0 Å². The van der Waals surface area contributed by atoms with E-state index in [0.717, 1.165) is 37.4 Å². The molecule has 0 aliphatic carbocycles. The van der Waals surface area contributed by atoms with Crippen molar-refractivity contribution in [2.24, 2.45) is 5.92 Å². The predicted octanol–water partition coefficient (Wildman–Crippen LogP) is 3.03. The first-order valence-electron chi connectivity index (χ1n) is 9.11. The Hall–Kier alpha value is -1.69. The number of carbonyl (C=O) groups excluding carboxylic acids is 2. The third-order valence-corrected chi connectivity index (χ3v) is 5.92. The lowest BCUT2D eigenvalue weighted by atomic mass is 9.97. The lowest BCUT2D eigenvalue weighted by Crippen LogP contribution is -2.43. The number of amides is 1. The average molecular weight is 362 g/mol. The van der Waals surface area contributed by atoms with Crippen LogP contribution in [0.15, 0.2) is 23.1 Å². The fraction of sp³-hybridized carbons (Fsp3) is 0.579. The van der Waals surface area contributed by atoms with Gasteiger partial charge in [-0.1, -0.05) is 0 Å². The molecule has 0 saturated carbocycles. The first kappa shape index (κ1) is 18.1. The Kier molecular flexibility index (Phi) is 5.89. The van der Waals surface area contributed by atoms with Gasteiger partial charge in [-0.15, -0.1) is 11.8 Å². The quantitative estimate of drug-likeness (QED) is 0.771. The van der Waals surface area contributed by atoms with Crippen LogP contribution in [-0.2, 0) is 9.53 Å². The summed E-state index contributed by atoms with van der Waals surface area (Å²) in [7, 11) is 0. The average Bonchev–Trinajstić information content (AvgIpc) is 2.66. The van der Waals surface area contributed by atoms with E-state index in [1.54, 1.807) is 4.90 Å². The lowest BCUT2D eigenvalue weighted by Gasteiger charge is -2.33. The number of fused-ring (bicyclic) bond motifs is 1. The van der Waals surface area contributed by atoms with Crippen LogP contribution in [0.2, 0.25) is 0 Å². The van der Waals surface area contributed by atoms with Crippen molar-refractivity contribution in [1.82, 2.24) is 4.90 Å². The number of benzene rings is 1. The number of rotatable bonds is 4. The predicted molar refractivity (Wildman–Crippen MR) is 100 cm³/mol. The number of nitrogens with zero attached hydrogens (tertiary/aromatic N) is 2. The van der Waals surface area contributed by atoms with E-state index in [0.29, 0.717) is 25.3 Å². The van der Waals surface area contributed by atoms with Crippen molar-refractivity contribution in [3.8, 4) is 0 Å². The fourth-order valence-corrected chi connectivity index (χ4v) is 4.56. The van der Waals surface area contributed by atoms with Crippen molar-refractivity contribution in [2.45, 2.75) is 31.6 Å². The van der Waals surface area contributed by atoms with Crippen LogP contribution in [0.5, 0.6) is 0 Å². The summed E-state index contributed by atoms with van der Waals surface area (Å²) >= 11 is 1.85. The zero-order chi connectivity index (χ0) is 17.8. The van der Waals surface area contributed by atoms with Crippen molar-refractivity contribution in [3.05, 3.63) is 23.8 Å². The number of thioether (sulfide) groups is 1. The van der Waals surface area contributed by atoms with E-state index in [1.165, 1.54) is 4.90 Å². The molecule has 136 valence electrons. The molecule has 1 amide bonds. The van der Waals surface area contributed by atoms with Crippen LogP contribution >= 0.6 is 11.8 Å². The summed E-state index contributed by atoms with van der Waals surface area (Å²) in [4.78, 5) is 30.3. The maximum atomic E-state index is 13.0. The summed E-state index contributed by atoms with van der Waals surface area (Å²) < 4.78 is 5.13. The second-order valence-electron chi connectivity index (χ2n) is 6.45. The topological polar surface area (TPSA) is 49.9 Å². The van der Waals surface area contributed by atoms with Gasteiger partial charge in [-0.2, -0.15) is 0 Å². The Bertz CT molecular complexity index is 650. The highest BCUT2D eigenvalue weighted by molar-refractivity contribution is 7.99. The molecule has 1 aromatic carbocycles. The lowest BCUT2D eigenvalue weighted by molar-refractivity contribution is -0.149. The molecule has 5 nitrogen and oxygen atoms in total. The van der Waals surface area contributed by atoms with Gasteiger partial charge < -0.3 is 14.5 Å². The highest BCUT2D eigenvalue weighted by Crippen LogP contribution is 2.35. The molecular formula is C19H26N2O3S. The van der Waals surface area contributed by atoms with Gasteiger partial charge in [-0.25, -0.2) is 0 Å². The molecule has 3 rings (SSSR count). The largest absolute Gasteiger partial charge is 0.466 e. The molecular weight excluding hydrogens is 336 g/mol. The molecule has 1 fully saturated rings. The number of hydrogen-bond acceptors (Lipinski definition) is 5. The first-order chi connectivity index (χ1) is 12.1. The van der Waals surface area contributed by atoms with E-state index in [4.69, 9.17) is 4.74 Å². The van der Waals surface area contributed by atoms with Crippen LogP contribution in [0.25, 0.3) is 0 Å². The molecule has 6 heteroatoms. The third-order valence-electron chi connectivity index (χ3n) is 4.88. The number of piperidine rings is 1. The Labute approximate surface area is 153 Å². The first-order valence-corrected chi connectivity index (χ1v) is 10.1. The van der Waals surface area contributed by atoms with Gasteiger partial charge in [-0.3, -0.25) is 9.59 Å². The molecule has 25 heavy (non-hydrogen) atoms. The van der Waals surface area contributed by atoms with Gasteiger partial charge in [0, 0.05) is 42.4 Å². The molecule has 1 saturated heterocycles. The molecule has 0 N–H and O–H groups in total. The molecule has 1 unspecified atom stereocenters. The molecule has 1 aromatic rings. The zero-order valence-corrected chi connectivity index (χ0v) is 15.8. The van der Waals surface area contributed by atoms with Crippen LogP contribution in [-0.4, -0.2) is 55.3 Å². The van der Waals surface area contributed by atoms with E-state index in [-0.39, 0.29) is 17.8 Å². The minimum absolute atomic E-state index is 0.0171. The van der Waals surface area contributed by atoms with E-state index < -0.39 is 0 Å². The molecule has 2 heterocycles. The third kappa shape index (κ3) is 3.94. The van der Waals surface area contributed by atoms with Crippen molar-refractivity contribution in [3.63, 3.8) is 0 Å². The number of anilines is 1. The summed E-state index contributed by atoms with van der Waals surface area (Å²) in [5, 5.41) is 0. The zero-order valence-electron chi connectivity index (χ0n) is 15.0. The van der Waals surface area contributed by atoms with Gasteiger partial charge in [0.05, 0.1) is 18.2 Å². The Morgan fingerprint density at radius 1 is 1.28 bits per heavy atom. The van der Waals surface area contributed by atoms with Crippen LogP contribution in [0.4, 0.5) is 5.69 Å². The monoisotopic (exact) mass is 362 g/mol. The summed E-state index contributed by atoms with van der Waals surface area (Å²) in [6, 6.07) is 5.99. The van der Waals surface area contributed by atoms with Crippen molar-refractivity contribution < 1.29 is 14.3 Å². The van der Waals surface area contributed by atoms with Crippen LogP contribution < -0.4 is 4.90 Å². The van der Waals surface area contributed by atoms with Gasteiger partial charge in [0.1, 0.15) is 0 Å². The van der Waals surface area contributed by atoms with Crippen molar-refractivity contribution >= 4 is 29.3 Å². The van der Waals surface area contributed by atoms with E-state index in [2.05, 4.69) is 17.9 Å². The number of carbonyl (C=O) groups is 2. The van der Waals surface area contributed by atoms with Gasteiger partial charge in [-0.05, 0) is 44.9 Å². The fourth-order valence-electron chi connectivity index (χ4n) is 3.53. The molecule has 0 spiro atoms. The second kappa shape index (κ2) is 8.13. The van der Waals surface area contributed by atoms with E-state index >= 15 is 0 Å². The SMILES string of the molecule is CCOC(=O)C1CCCN(C(=O)c2ccc3c(c2)N(CC)CCS3)C1. The summed E-state index contributed by atoms with van der Waals surface area (Å²) in [6.07, 6.45) is 1.64. The van der Waals surface area contributed by atoms with Gasteiger partial charge in [0.2, 0.25) is 0 Å². The second-order valence-corrected chi connectivity index (χ2v) is 7.59. The molecule has 2 aliphatic rings. The molecule has 0 bridgehead atoms. The Morgan fingerprint density at radius 2 is 2.12 bits per heavy atom. The van der Waals surface area contributed by atoms with Gasteiger partial charge in [0.15, 0.2) is 0 Å². The van der Waals surface area contributed by atoms with Gasteiger partial charge in [0.25, 0.3) is 5.91 Å². The van der Waals surface area contributed by atoms with Crippen molar-refractivity contribution in [2.75, 3.05) is 43.4 Å². The van der Waals surface area contributed by atoms with Crippen LogP contribution in [0.3, 0.4) is 0 Å². The molecule has 0 aromatic heterocycles. The summed E-state index contributed by atoms with van der Waals surface area (Å²) in [5.41, 5.74) is 1.87. The Morgan fingerprint density at radius 3 is 2.88 bits per heavy atom. The van der Waals surface area contributed by atoms with Crippen LogP contribution in [0.1, 0.15) is 37.0 Å². The Balaban J connectivity index is 1.75. The molecule has 2 aliphatic heterocycles. The maximum Gasteiger partial charge on any atom is 0.310 e. The highest BCUT2D eigenvalue weighted by Gasteiger charge is 2.30. The standard InChI is InChI=1S/C19H26N2O3S/c1-3-20-10-11-25-17-8-7-14(12-16(17)20)18(22)21-9-5-6-15(13-21)19(23)24-4-2/h7-8,12,15H,3-6,9-11,13H2,1-2H3. The smallest absolute Gasteiger partial charge is 0.310 e. The number of ether oxygens (including phenoxy) is 1. The summed E-state index contributed by atoms with van der Waals surface area (Å²) in [6.45, 7) is 7.47. The minimum atomic E-state index is -0.196. The van der Waals surface area contributed by atoms with Crippen LogP contribution in [0, 0.1) is 5.92 Å². The van der Waals surface area contributed by atoms with E-state index in [1.807, 2.05) is 30.8 Å². The maximum absolute atomic E-state index is 13.0. The normalized spacial score (nSPS) is 20.2. The number of hydrogen-bond donors (Lipinski definition) is 0. The highest BCUT2D eigenvalue weighted by atomic mass is 32.2. The number of likely N-dealkylation sites (tertiary alicyclic amines) is 1. The number of esters is 1.